The molecule has 7 heteroatoms. The van der Waals surface area contributed by atoms with Gasteiger partial charge in [-0.3, -0.25) is 0 Å². The number of ether oxygens (including phenoxy) is 1. The van der Waals surface area contributed by atoms with Gasteiger partial charge in [-0.25, -0.2) is 14.4 Å². The number of anilines is 1. The van der Waals surface area contributed by atoms with Gasteiger partial charge in [0, 0.05) is 0 Å². The Labute approximate surface area is 115 Å². The summed E-state index contributed by atoms with van der Waals surface area (Å²) in [5.74, 6) is 0.213. The van der Waals surface area contributed by atoms with E-state index in [0.717, 1.165) is 5.56 Å². The van der Waals surface area contributed by atoms with Crippen LogP contribution in [0.5, 0.6) is 5.88 Å². The molecule has 0 fully saturated rings. The topological polar surface area (TPSA) is 82.6 Å². The number of nitrogens with zero attached hydrogens (tertiary/aromatic N) is 3. The summed E-state index contributed by atoms with van der Waals surface area (Å²) in [6, 6.07) is 5.98. The van der Waals surface area contributed by atoms with Crippen molar-refractivity contribution in [2.24, 2.45) is 5.16 Å². The Kier molecular flexibility index (Phi) is 4.43. The number of aromatic nitrogens is 2. The van der Waals surface area contributed by atoms with E-state index >= 15 is 0 Å². The highest BCUT2D eigenvalue weighted by Crippen LogP contribution is 2.18. The molecule has 0 amide bonds. The second-order valence-corrected chi connectivity index (χ2v) is 3.81. The van der Waals surface area contributed by atoms with Crippen LogP contribution >= 0.6 is 0 Å². The predicted molar refractivity (Wildman–Crippen MR) is 71.8 cm³/mol. The van der Waals surface area contributed by atoms with Gasteiger partial charge in [0.2, 0.25) is 5.88 Å². The Morgan fingerprint density at radius 2 is 2.05 bits per heavy atom. The molecule has 20 heavy (non-hydrogen) atoms. The number of hydrogen-bond donors (Lipinski definition) is 1. The molecule has 0 aliphatic carbocycles. The van der Waals surface area contributed by atoms with Crippen LogP contribution in [0.3, 0.4) is 0 Å². The Hall–Kier alpha value is -2.70. The van der Waals surface area contributed by atoms with Crippen LogP contribution in [0, 0.1) is 5.82 Å². The van der Waals surface area contributed by atoms with Gasteiger partial charge in [-0.2, -0.15) is 0 Å². The van der Waals surface area contributed by atoms with Crippen molar-refractivity contribution in [3.05, 3.63) is 47.5 Å². The van der Waals surface area contributed by atoms with Crippen LogP contribution in [0.1, 0.15) is 11.1 Å². The van der Waals surface area contributed by atoms with Gasteiger partial charge >= 0.3 is 0 Å². The lowest BCUT2D eigenvalue weighted by atomic mass is 10.2. The van der Waals surface area contributed by atoms with Gasteiger partial charge in [0.15, 0.2) is 0 Å². The van der Waals surface area contributed by atoms with E-state index < -0.39 is 0 Å². The molecule has 6 nitrogen and oxygen atoms in total. The second-order valence-electron chi connectivity index (χ2n) is 3.81. The number of rotatable bonds is 5. The van der Waals surface area contributed by atoms with E-state index in [4.69, 9.17) is 10.5 Å². The Balaban J connectivity index is 2.14. The fourth-order valence-corrected chi connectivity index (χ4v) is 1.47. The molecule has 1 aromatic heterocycles. The molecular weight excluding hydrogens is 263 g/mol. The lowest BCUT2D eigenvalue weighted by Crippen LogP contribution is -2.05. The third-order valence-corrected chi connectivity index (χ3v) is 2.45. The second kappa shape index (κ2) is 6.46. The first-order valence-corrected chi connectivity index (χ1v) is 5.75. The van der Waals surface area contributed by atoms with Gasteiger partial charge in [-0.15, -0.1) is 0 Å². The molecule has 104 valence electrons. The quantitative estimate of drug-likeness (QED) is 0.664. The summed E-state index contributed by atoms with van der Waals surface area (Å²) < 4.78 is 18.3. The molecule has 1 heterocycles. The zero-order valence-corrected chi connectivity index (χ0v) is 10.8. The summed E-state index contributed by atoms with van der Waals surface area (Å²) in [6.07, 6.45) is 2.66. The van der Waals surface area contributed by atoms with Crippen molar-refractivity contribution >= 4 is 12.0 Å². The first-order chi connectivity index (χ1) is 9.70. The van der Waals surface area contributed by atoms with E-state index in [-0.39, 0.29) is 24.1 Å². The molecule has 1 aromatic carbocycles. The van der Waals surface area contributed by atoms with E-state index in [9.17, 15) is 4.39 Å². The summed E-state index contributed by atoms with van der Waals surface area (Å²) in [5, 5.41) is 3.62. The smallest absolute Gasteiger partial charge is 0.228 e. The van der Waals surface area contributed by atoms with Crippen molar-refractivity contribution in [3.8, 4) is 5.88 Å². The zero-order chi connectivity index (χ0) is 14.4. The summed E-state index contributed by atoms with van der Waals surface area (Å²) >= 11 is 0. The van der Waals surface area contributed by atoms with Crippen molar-refractivity contribution < 1.29 is 14.0 Å². The average molecular weight is 276 g/mol. The highest BCUT2D eigenvalue weighted by Gasteiger charge is 2.09. The lowest BCUT2D eigenvalue weighted by molar-refractivity contribution is 0.215. The summed E-state index contributed by atoms with van der Waals surface area (Å²) in [4.78, 5) is 12.4. The number of nitrogen functional groups attached to an aromatic ring is 1. The Bertz CT molecular complexity index is 602. The maximum atomic E-state index is 12.8. The van der Waals surface area contributed by atoms with E-state index in [1.807, 2.05) is 0 Å². The first-order valence-electron chi connectivity index (χ1n) is 5.75. The van der Waals surface area contributed by atoms with Gasteiger partial charge in [-0.05, 0) is 17.7 Å². The largest absolute Gasteiger partial charge is 0.472 e. The normalized spacial score (nSPS) is 10.7. The minimum Gasteiger partial charge on any atom is -0.472 e. The van der Waals surface area contributed by atoms with E-state index in [1.54, 1.807) is 12.1 Å². The van der Waals surface area contributed by atoms with Crippen molar-refractivity contribution in [2.75, 3.05) is 12.8 Å². The maximum absolute atomic E-state index is 12.8. The van der Waals surface area contributed by atoms with Crippen LogP contribution in [0.25, 0.3) is 0 Å². The number of oxime groups is 1. The number of nitrogens with two attached hydrogens (primary N) is 1. The number of hydrogen-bond acceptors (Lipinski definition) is 6. The van der Waals surface area contributed by atoms with Crippen LogP contribution in [-0.4, -0.2) is 23.3 Å². The molecule has 0 aliphatic rings. The first kappa shape index (κ1) is 13.7. The Morgan fingerprint density at radius 3 is 2.75 bits per heavy atom. The fourth-order valence-electron chi connectivity index (χ4n) is 1.47. The molecule has 0 radical (unpaired) electrons. The molecule has 0 unspecified atom stereocenters. The fraction of sp³-hybridized carbons (Fsp3) is 0.154. The van der Waals surface area contributed by atoms with Gasteiger partial charge in [0.05, 0.1) is 6.21 Å². The number of benzene rings is 1. The lowest BCUT2D eigenvalue weighted by Gasteiger charge is -2.08. The van der Waals surface area contributed by atoms with E-state index in [1.165, 1.54) is 31.8 Å². The van der Waals surface area contributed by atoms with Crippen LogP contribution in [0.4, 0.5) is 10.2 Å². The van der Waals surface area contributed by atoms with Crippen molar-refractivity contribution in [3.63, 3.8) is 0 Å². The van der Waals surface area contributed by atoms with Crippen LogP contribution in [-0.2, 0) is 11.4 Å². The van der Waals surface area contributed by atoms with E-state index in [0.29, 0.717) is 5.56 Å². The molecule has 0 saturated carbocycles. The van der Waals surface area contributed by atoms with Gasteiger partial charge in [0.25, 0.3) is 0 Å². The average Bonchev–Trinajstić information content (AvgIpc) is 2.46. The van der Waals surface area contributed by atoms with Crippen LogP contribution in [0.15, 0.2) is 35.7 Å². The summed E-state index contributed by atoms with van der Waals surface area (Å²) in [6.45, 7) is 0.227. The monoisotopic (exact) mass is 276 g/mol. The van der Waals surface area contributed by atoms with Crippen molar-refractivity contribution in [1.29, 1.82) is 0 Å². The summed E-state index contributed by atoms with van der Waals surface area (Å²) in [7, 11) is 1.41. The van der Waals surface area contributed by atoms with Gasteiger partial charge < -0.3 is 15.3 Å². The summed E-state index contributed by atoms with van der Waals surface area (Å²) in [5.41, 5.74) is 6.95. The molecule has 0 bridgehead atoms. The molecule has 0 spiro atoms. The minimum absolute atomic E-state index is 0.227. The van der Waals surface area contributed by atoms with Crippen molar-refractivity contribution in [2.45, 2.75) is 6.61 Å². The molecule has 0 saturated heterocycles. The zero-order valence-electron chi connectivity index (χ0n) is 10.8. The highest BCUT2D eigenvalue weighted by atomic mass is 19.1. The van der Waals surface area contributed by atoms with E-state index in [2.05, 4.69) is 20.0 Å². The Morgan fingerprint density at radius 1 is 1.30 bits per heavy atom. The molecule has 0 atom stereocenters. The standard InChI is InChI=1S/C13H13FN4O2/c1-19-18-6-11-12(15)16-8-17-13(11)20-7-9-2-4-10(14)5-3-9/h2-6,8H,7H2,1H3,(H2,15,16,17)/b18-6+. The molecule has 2 N–H and O–H groups in total. The van der Waals surface area contributed by atoms with Gasteiger partial charge in [-0.1, -0.05) is 17.3 Å². The predicted octanol–water partition coefficient (Wildman–Crippen LogP) is 1.76. The third kappa shape index (κ3) is 3.41. The van der Waals surface area contributed by atoms with Crippen LogP contribution in [0.2, 0.25) is 0 Å². The van der Waals surface area contributed by atoms with Gasteiger partial charge in [0.1, 0.15) is 37.2 Å². The van der Waals surface area contributed by atoms with Crippen molar-refractivity contribution in [1.82, 2.24) is 9.97 Å². The SMILES string of the molecule is CO/N=C/c1c(N)ncnc1OCc1ccc(F)cc1. The number of halogens is 1. The molecule has 0 aliphatic heterocycles. The third-order valence-electron chi connectivity index (χ3n) is 2.45. The highest BCUT2D eigenvalue weighted by molar-refractivity contribution is 5.87. The minimum atomic E-state index is -0.298. The van der Waals surface area contributed by atoms with Crippen LogP contribution < -0.4 is 10.5 Å². The maximum Gasteiger partial charge on any atom is 0.228 e. The molecular formula is C13H13FN4O2. The molecule has 2 rings (SSSR count). The molecule has 2 aromatic rings.